The largest absolute Gasteiger partial charge is 0.457 e. The van der Waals surface area contributed by atoms with Gasteiger partial charge < -0.3 is 9.64 Å². The summed E-state index contributed by atoms with van der Waals surface area (Å²) in [6.07, 6.45) is 9.44. The van der Waals surface area contributed by atoms with E-state index in [9.17, 15) is 0 Å². The van der Waals surface area contributed by atoms with E-state index in [0.717, 1.165) is 45.3 Å². The van der Waals surface area contributed by atoms with Gasteiger partial charge in [0.05, 0.1) is 5.41 Å². The molecule has 0 unspecified atom stereocenters. The van der Waals surface area contributed by atoms with Crippen molar-refractivity contribution in [2.24, 2.45) is 0 Å². The topological polar surface area (TPSA) is 12.5 Å². The van der Waals surface area contributed by atoms with Crippen LogP contribution in [0.15, 0.2) is 237 Å². The average molecular weight is 744 g/mol. The molecule has 1 aliphatic carbocycles. The molecule has 1 spiro atoms. The number of benzene rings is 8. The summed E-state index contributed by atoms with van der Waals surface area (Å²) >= 11 is 0. The van der Waals surface area contributed by atoms with Crippen LogP contribution in [0.2, 0.25) is 0 Å². The fourth-order valence-corrected chi connectivity index (χ4v) is 8.97. The number of rotatable bonds is 6. The summed E-state index contributed by atoms with van der Waals surface area (Å²) in [6.45, 7) is 4.85. The van der Waals surface area contributed by atoms with Gasteiger partial charge in [-0.1, -0.05) is 189 Å². The number of ether oxygens (including phenoxy) is 1. The van der Waals surface area contributed by atoms with E-state index in [1.807, 2.05) is 0 Å². The van der Waals surface area contributed by atoms with E-state index in [2.05, 4.69) is 229 Å². The zero-order valence-electron chi connectivity index (χ0n) is 32.1. The van der Waals surface area contributed by atoms with Gasteiger partial charge in [-0.25, -0.2) is 0 Å². The monoisotopic (exact) mass is 743 g/mol. The Hall–Kier alpha value is -7.42. The maximum Gasteiger partial charge on any atom is 0.132 e. The van der Waals surface area contributed by atoms with Crippen LogP contribution >= 0.6 is 0 Å². The lowest BCUT2D eigenvalue weighted by Crippen LogP contribution is -2.35. The average Bonchev–Trinajstić information content (AvgIpc) is 3.36. The molecule has 0 saturated carbocycles. The Bertz CT molecular complexity index is 2790. The van der Waals surface area contributed by atoms with Crippen molar-refractivity contribution >= 4 is 17.1 Å². The van der Waals surface area contributed by atoms with Crippen molar-refractivity contribution in [3.8, 4) is 44.9 Å². The first kappa shape index (κ1) is 35.0. The number of allylic oxidation sites excluding steroid dienone is 5. The maximum atomic E-state index is 6.65. The number of hydrogen-bond donors (Lipinski definition) is 0. The fourth-order valence-electron chi connectivity index (χ4n) is 8.97. The second kappa shape index (κ2) is 14.9. The van der Waals surface area contributed by atoms with Crippen LogP contribution in [0, 0.1) is 0 Å². The van der Waals surface area contributed by atoms with Gasteiger partial charge in [0.1, 0.15) is 11.5 Å². The van der Waals surface area contributed by atoms with Crippen LogP contribution in [0.25, 0.3) is 33.4 Å². The van der Waals surface area contributed by atoms with Gasteiger partial charge in [0.25, 0.3) is 0 Å². The molecular formula is C56H41NO. The van der Waals surface area contributed by atoms with Crippen molar-refractivity contribution in [1.82, 2.24) is 0 Å². The number of fused-ring (bicyclic) bond motifs is 6. The molecule has 1 aliphatic heterocycles. The second-order valence-corrected chi connectivity index (χ2v) is 14.9. The summed E-state index contributed by atoms with van der Waals surface area (Å²) in [7, 11) is 0. The van der Waals surface area contributed by atoms with E-state index in [-0.39, 0.29) is 0 Å². The zero-order chi connectivity index (χ0) is 38.9. The predicted molar refractivity (Wildman–Crippen MR) is 241 cm³/mol. The van der Waals surface area contributed by atoms with Crippen LogP contribution in [0.4, 0.5) is 17.1 Å². The Morgan fingerprint density at radius 2 is 0.983 bits per heavy atom. The Morgan fingerprint density at radius 1 is 0.448 bits per heavy atom. The molecular weight excluding hydrogens is 703 g/mol. The minimum Gasteiger partial charge on any atom is -0.457 e. The van der Waals surface area contributed by atoms with Crippen molar-refractivity contribution in [2.75, 3.05) is 4.90 Å². The quantitative estimate of drug-likeness (QED) is 0.168. The smallest absolute Gasteiger partial charge is 0.132 e. The fraction of sp³-hybridized carbons (Fsp3) is 0.0357. The van der Waals surface area contributed by atoms with E-state index in [1.165, 1.54) is 44.5 Å². The van der Waals surface area contributed by atoms with Gasteiger partial charge in [-0.3, -0.25) is 0 Å². The summed E-state index contributed by atoms with van der Waals surface area (Å²) in [4.78, 5) is 2.45. The molecule has 1 heterocycles. The first-order valence-corrected chi connectivity index (χ1v) is 19.9. The van der Waals surface area contributed by atoms with Crippen LogP contribution < -0.4 is 9.64 Å². The van der Waals surface area contributed by atoms with Crippen LogP contribution in [0.1, 0.15) is 22.3 Å². The molecule has 0 N–H and O–H groups in total. The Morgan fingerprint density at radius 3 is 1.64 bits per heavy atom. The lowest BCUT2D eigenvalue weighted by Gasteiger charge is -2.43. The van der Waals surface area contributed by atoms with Gasteiger partial charge >= 0.3 is 0 Å². The second-order valence-electron chi connectivity index (χ2n) is 14.9. The molecule has 0 bridgehead atoms. The van der Waals surface area contributed by atoms with E-state index in [4.69, 9.17) is 11.3 Å². The van der Waals surface area contributed by atoms with Gasteiger partial charge in [0.2, 0.25) is 0 Å². The Kier molecular flexibility index (Phi) is 9.01. The molecule has 0 radical (unpaired) electrons. The molecule has 0 atom stereocenters. The summed E-state index contributed by atoms with van der Waals surface area (Å²) in [5, 5.41) is 0. The van der Waals surface area contributed by atoms with Crippen LogP contribution in [0.3, 0.4) is 0 Å². The lowest BCUT2D eigenvalue weighted by molar-refractivity contribution is 0.434. The standard InChI is InChI=1S/C56H41NO/c1-40-19-6-2-13-26-48-50(56(40)51-27-14-16-31-54(51)58-55-32-17-15-28-52(55)56)29-18-30-53(48)57(45-35-33-42(34-36-45)41-20-7-3-8-21-41)46-37-38-47(43-22-9-4-10-23-43)49(39-46)44-24-11-5-12-25-44/h2-25,27-39H,1,26H2/b13-2-,19-6-. The predicted octanol–water partition coefficient (Wildman–Crippen LogP) is 14.8. The van der Waals surface area contributed by atoms with E-state index in [0.29, 0.717) is 6.42 Å². The van der Waals surface area contributed by atoms with E-state index >= 15 is 0 Å². The molecule has 276 valence electrons. The summed E-state index contributed by atoms with van der Waals surface area (Å²) in [5.74, 6) is 1.69. The minimum atomic E-state index is -0.714. The minimum absolute atomic E-state index is 0.711. The third-order valence-corrected chi connectivity index (χ3v) is 11.6. The van der Waals surface area contributed by atoms with Crippen molar-refractivity contribution in [1.29, 1.82) is 0 Å². The molecule has 2 heteroatoms. The van der Waals surface area contributed by atoms with Crippen molar-refractivity contribution in [2.45, 2.75) is 11.8 Å². The van der Waals surface area contributed by atoms with Gasteiger partial charge in [-0.2, -0.15) is 0 Å². The Labute approximate surface area is 341 Å². The van der Waals surface area contributed by atoms with Gasteiger partial charge in [0.15, 0.2) is 0 Å². The first-order valence-electron chi connectivity index (χ1n) is 19.9. The third-order valence-electron chi connectivity index (χ3n) is 11.6. The highest BCUT2D eigenvalue weighted by atomic mass is 16.5. The molecule has 2 aliphatic rings. The normalized spacial score (nSPS) is 14.7. The van der Waals surface area contributed by atoms with Crippen molar-refractivity contribution < 1.29 is 4.74 Å². The summed E-state index contributed by atoms with van der Waals surface area (Å²) in [5.41, 5.74) is 15.2. The van der Waals surface area contributed by atoms with Crippen molar-refractivity contribution in [3.05, 3.63) is 259 Å². The summed E-state index contributed by atoms with van der Waals surface area (Å²) in [6, 6.07) is 71.7. The molecule has 58 heavy (non-hydrogen) atoms. The maximum absolute atomic E-state index is 6.65. The van der Waals surface area contributed by atoms with Gasteiger partial charge in [-0.15, -0.1) is 0 Å². The van der Waals surface area contributed by atoms with Gasteiger partial charge in [-0.05, 0) is 99.0 Å². The number of para-hydroxylation sites is 2. The van der Waals surface area contributed by atoms with Crippen LogP contribution in [-0.4, -0.2) is 0 Å². The lowest BCUT2D eigenvalue weighted by atomic mass is 9.62. The zero-order valence-corrected chi connectivity index (χ0v) is 32.1. The highest BCUT2D eigenvalue weighted by Gasteiger charge is 2.47. The molecule has 2 nitrogen and oxygen atoms in total. The number of anilines is 3. The molecule has 0 fully saturated rings. The van der Waals surface area contributed by atoms with E-state index < -0.39 is 5.41 Å². The molecule has 0 amide bonds. The SMILES string of the molecule is C=C1/C=C\C=C/Cc2c(N(c3ccc(-c4ccccc4)cc3)c3ccc(-c4ccccc4)c(-c4ccccc4)c3)cccc2C12c1ccccc1Oc1ccccc12. The Balaban J connectivity index is 1.26. The highest BCUT2D eigenvalue weighted by Crippen LogP contribution is 2.57. The number of hydrogen-bond acceptors (Lipinski definition) is 2. The first-order chi connectivity index (χ1) is 28.7. The summed E-state index contributed by atoms with van der Waals surface area (Å²) < 4.78 is 6.65. The molecule has 0 saturated heterocycles. The highest BCUT2D eigenvalue weighted by molar-refractivity contribution is 5.90. The third kappa shape index (κ3) is 5.98. The molecule has 10 rings (SSSR count). The van der Waals surface area contributed by atoms with Crippen LogP contribution in [-0.2, 0) is 11.8 Å². The molecule has 0 aromatic heterocycles. The van der Waals surface area contributed by atoms with E-state index in [1.54, 1.807) is 0 Å². The number of nitrogens with zero attached hydrogens (tertiary/aromatic N) is 1. The van der Waals surface area contributed by atoms with Crippen LogP contribution in [0.5, 0.6) is 11.5 Å². The van der Waals surface area contributed by atoms with Crippen molar-refractivity contribution in [3.63, 3.8) is 0 Å². The molecule has 8 aromatic rings. The van der Waals surface area contributed by atoms with Gasteiger partial charge in [0, 0.05) is 28.2 Å². The molecule has 8 aromatic carbocycles.